The van der Waals surface area contributed by atoms with E-state index in [9.17, 15) is 19.2 Å². The fourth-order valence-electron chi connectivity index (χ4n) is 4.33. The zero-order valence-electron chi connectivity index (χ0n) is 19.0. The summed E-state index contributed by atoms with van der Waals surface area (Å²) in [6, 6.07) is 15.7. The number of hydrogen-bond donors (Lipinski definition) is 2. The highest BCUT2D eigenvalue weighted by Crippen LogP contribution is 2.30. The average Bonchev–Trinajstić information content (AvgIpc) is 3.35. The molecule has 9 heteroatoms. The van der Waals surface area contributed by atoms with Gasteiger partial charge in [-0.05, 0) is 59.8 Å². The maximum absolute atomic E-state index is 13.0. The molecule has 3 aromatic rings. The van der Waals surface area contributed by atoms with Crippen LogP contribution < -0.4 is 15.5 Å². The monoisotopic (exact) mass is 488 g/mol. The minimum Gasteiger partial charge on any atom is -0.338 e. The lowest BCUT2D eigenvalue weighted by Gasteiger charge is -2.29. The number of para-hydroxylation sites is 2. The molecule has 0 saturated carbocycles. The predicted octanol–water partition coefficient (Wildman–Crippen LogP) is 3.65. The van der Waals surface area contributed by atoms with Gasteiger partial charge in [-0.3, -0.25) is 24.1 Å². The van der Waals surface area contributed by atoms with Gasteiger partial charge in [0.2, 0.25) is 17.7 Å². The lowest BCUT2D eigenvalue weighted by molar-refractivity contribution is -0.133. The molecule has 0 atom stereocenters. The number of nitrogens with zero attached hydrogens (tertiary/aromatic N) is 2. The van der Waals surface area contributed by atoms with E-state index in [0.29, 0.717) is 35.7 Å². The zero-order valence-corrected chi connectivity index (χ0v) is 19.8. The molecule has 3 heterocycles. The van der Waals surface area contributed by atoms with Crippen LogP contribution in [-0.2, 0) is 27.3 Å². The Morgan fingerprint density at radius 2 is 1.77 bits per heavy atom. The zero-order chi connectivity index (χ0) is 24.4. The van der Waals surface area contributed by atoms with Crippen LogP contribution in [0.3, 0.4) is 0 Å². The largest absolute Gasteiger partial charge is 0.338 e. The molecule has 8 nitrogen and oxygen atoms in total. The summed E-state index contributed by atoms with van der Waals surface area (Å²) >= 11 is 1.72. The SMILES string of the molecule is O=C(CCC(=O)N1CCc2sccc2C1)Nc1ccc(C(=O)N2CC(=O)Nc3ccccc32)cc1. The number of benzene rings is 2. The van der Waals surface area contributed by atoms with Crippen molar-refractivity contribution in [2.75, 3.05) is 28.6 Å². The highest BCUT2D eigenvalue weighted by Gasteiger charge is 2.27. The Labute approximate surface area is 206 Å². The summed E-state index contributed by atoms with van der Waals surface area (Å²) in [5, 5.41) is 7.60. The Morgan fingerprint density at radius 3 is 2.60 bits per heavy atom. The summed E-state index contributed by atoms with van der Waals surface area (Å²) in [6.45, 7) is 1.23. The van der Waals surface area contributed by atoms with E-state index in [1.54, 1.807) is 53.8 Å². The van der Waals surface area contributed by atoms with Crippen LogP contribution in [0.25, 0.3) is 0 Å². The van der Waals surface area contributed by atoms with Gasteiger partial charge in [0.1, 0.15) is 6.54 Å². The van der Waals surface area contributed by atoms with Crippen LogP contribution in [0.4, 0.5) is 17.1 Å². The quantitative estimate of drug-likeness (QED) is 0.573. The van der Waals surface area contributed by atoms with Gasteiger partial charge in [0, 0.05) is 42.1 Å². The second kappa shape index (κ2) is 9.71. The lowest BCUT2D eigenvalue weighted by Crippen LogP contribution is -2.42. The van der Waals surface area contributed by atoms with E-state index in [0.717, 1.165) is 6.42 Å². The van der Waals surface area contributed by atoms with Crippen LogP contribution in [0.1, 0.15) is 33.6 Å². The molecule has 4 amide bonds. The van der Waals surface area contributed by atoms with Crippen LogP contribution in [0.5, 0.6) is 0 Å². The van der Waals surface area contributed by atoms with Crippen LogP contribution in [0, 0.1) is 0 Å². The first-order valence-electron chi connectivity index (χ1n) is 11.4. The van der Waals surface area contributed by atoms with Gasteiger partial charge in [0.05, 0.1) is 11.4 Å². The van der Waals surface area contributed by atoms with Gasteiger partial charge in [0.25, 0.3) is 5.91 Å². The second-order valence-corrected chi connectivity index (χ2v) is 9.52. The van der Waals surface area contributed by atoms with E-state index < -0.39 is 0 Å². The molecule has 0 radical (unpaired) electrons. The van der Waals surface area contributed by atoms with Gasteiger partial charge in [-0.25, -0.2) is 0 Å². The number of nitrogens with one attached hydrogen (secondary N) is 2. The van der Waals surface area contributed by atoms with Gasteiger partial charge < -0.3 is 15.5 Å². The Hall–Kier alpha value is -3.98. The number of fused-ring (bicyclic) bond motifs is 2. The molecule has 5 rings (SSSR count). The molecule has 2 N–H and O–H groups in total. The normalized spacial score (nSPS) is 14.6. The van der Waals surface area contributed by atoms with Crippen LogP contribution in [0.2, 0.25) is 0 Å². The minimum atomic E-state index is -0.300. The highest BCUT2D eigenvalue weighted by atomic mass is 32.1. The van der Waals surface area contributed by atoms with Gasteiger partial charge in [-0.1, -0.05) is 12.1 Å². The van der Waals surface area contributed by atoms with Crippen molar-refractivity contribution in [2.24, 2.45) is 0 Å². The summed E-state index contributed by atoms with van der Waals surface area (Å²) in [5.74, 6) is -0.835. The van der Waals surface area contributed by atoms with E-state index in [4.69, 9.17) is 0 Å². The summed E-state index contributed by atoms with van der Waals surface area (Å²) in [7, 11) is 0. The topological polar surface area (TPSA) is 98.8 Å². The minimum absolute atomic E-state index is 0.0243. The molecule has 1 aromatic heterocycles. The van der Waals surface area contributed by atoms with E-state index in [1.807, 2.05) is 16.3 Å². The van der Waals surface area contributed by atoms with Gasteiger partial charge in [0.15, 0.2) is 0 Å². The summed E-state index contributed by atoms with van der Waals surface area (Å²) in [4.78, 5) is 54.6. The standard InChI is InChI=1S/C26H24N4O4S/c31-23(9-10-25(33)29-13-11-22-18(15-29)12-14-35-22)27-19-7-5-17(6-8-19)26(34)30-16-24(32)28-20-3-1-2-4-21(20)30/h1-8,12,14H,9-11,13,15-16H2,(H,27,31)(H,28,32). The van der Waals surface area contributed by atoms with Gasteiger partial charge in [-0.2, -0.15) is 0 Å². The summed E-state index contributed by atoms with van der Waals surface area (Å²) < 4.78 is 0. The number of amides is 4. The van der Waals surface area contributed by atoms with Crippen molar-refractivity contribution in [3.8, 4) is 0 Å². The fraction of sp³-hybridized carbons (Fsp3) is 0.231. The van der Waals surface area contributed by atoms with Crippen molar-refractivity contribution in [3.05, 3.63) is 76.0 Å². The van der Waals surface area contributed by atoms with Crippen molar-refractivity contribution in [1.82, 2.24) is 4.90 Å². The molecule has 0 bridgehead atoms. The first kappa shape index (κ1) is 22.8. The Balaban J connectivity index is 1.15. The maximum atomic E-state index is 13.0. The number of anilines is 3. The molecular weight excluding hydrogens is 464 g/mol. The molecular formula is C26H24N4O4S. The molecule has 2 aromatic carbocycles. The molecule has 0 spiro atoms. The third-order valence-electron chi connectivity index (χ3n) is 6.16. The molecule has 0 fully saturated rings. The number of thiophene rings is 1. The molecule has 0 aliphatic carbocycles. The van der Waals surface area contributed by atoms with Crippen LogP contribution in [-0.4, -0.2) is 41.6 Å². The maximum Gasteiger partial charge on any atom is 0.258 e. The first-order chi connectivity index (χ1) is 17.0. The predicted molar refractivity (Wildman–Crippen MR) is 134 cm³/mol. The van der Waals surface area contributed by atoms with Crippen LogP contribution >= 0.6 is 11.3 Å². The molecule has 0 saturated heterocycles. The molecule has 35 heavy (non-hydrogen) atoms. The summed E-state index contributed by atoms with van der Waals surface area (Å²) in [6.07, 6.45) is 1.11. The number of hydrogen-bond acceptors (Lipinski definition) is 5. The van der Waals surface area contributed by atoms with Crippen LogP contribution in [0.15, 0.2) is 60.0 Å². The second-order valence-electron chi connectivity index (χ2n) is 8.52. The van der Waals surface area contributed by atoms with Crippen molar-refractivity contribution in [3.63, 3.8) is 0 Å². The number of carbonyl (C=O) groups excluding carboxylic acids is 4. The van der Waals surface area contributed by atoms with E-state index in [1.165, 1.54) is 15.3 Å². The Morgan fingerprint density at radius 1 is 0.971 bits per heavy atom. The molecule has 2 aliphatic rings. The Kier molecular flexibility index (Phi) is 6.33. The average molecular weight is 489 g/mol. The highest BCUT2D eigenvalue weighted by molar-refractivity contribution is 7.10. The fourth-order valence-corrected chi connectivity index (χ4v) is 5.22. The van der Waals surface area contributed by atoms with E-state index >= 15 is 0 Å². The third-order valence-corrected chi connectivity index (χ3v) is 7.18. The van der Waals surface area contributed by atoms with Crippen molar-refractivity contribution < 1.29 is 19.2 Å². The van der Waals surface area contributed by atoms with Crippen molar-refractivity contribution in [2.45, 2.75) is 25.8 Å². The van der Waals surface area contributed by atoms with E-state index in [-0.39, 0.29) is 43.0 Å². The number of carbonyl (C=O) groups is 4. The van der Waals surface area contributed by atoms with Crippen molar-refractivity contribution >= 4 is 52.0 Å². The first-order valence-corrected chi connectivity index (χ1v) is 12.3. The molecule has 0 unspecified atom stereocenters. The smallest absolute Gasteiger partial charge is 0.258 e. The summed E-state index contributed by atoms with van der Waals surface area (Å²) in [5.41, 5.74) is 3.37. The lowest BCUT2D eigenvalue weighted by atomic mass is 10.1. The third kappa shape index (κ3) is 4.95. The van der Waals surface area contributed by atoms with Gasteiger partial charge >= 0.3 is 0 Å². The van der Waals surface area contributed by atoms with Crippen molar-refractivity contribution in [1.29, 1.82) is 0 Å². The molecule has 178 valence electrons. The van der Waals surface area contributed by atoms with Gasteiger partial charge in [-0.15, -0.1) is 11.3 Å². The Bertz CT molecular complexity index is 1300. The van der Waals surface area contributed by atoms with E-state index in [2.05, 4.69) is 16.7 Å². The number of rotatable bonds is 5. The molecule has 2 aliphatic heterocycles.